The van der Waals surface area contributed by atoms with Gasteiger partial charge in [0.1, 0.15) is 11.2 Å². The first-order valence-corrected chi connectivity index (χ1v) is 6.10. The Kier molecular flexibility index (Phi) is 5.94. The molecule has 0 aromatic heterocycles. The molecular weight excluding hydrogens is 236 g/mol. The van der Waals surface area contributed by atoms with E-state index in [1.165, 1.54) is 0 Å². The van der Waals surface area contributed by atoms with Gasteiger partial charge in [-0.15, -0.1) is 0 Å². The predicted octanol–water partition coefficient (Wildman–Crippen LogP) is 2.73. The summed E-state index contributed by atoms with van der Waals surface area (Å²) in [5.41, 5.74) is 3.13. The smallest absolute Gasteiger partial charge is 0.426 e. The first kappa shape index (κ1) is 16.5. The zero-order chi connectivity index (χ0) is 14.4. The largest absolute Gasteiger partial charge is 0.442 e. The van der Waals surface area contributed by atoms with E-state index in [-0.39, 0.29) is 0 Å². The van der Waals surface area contributed by atoms with Crippen LogP contribution >= 0.6 is 0 Å². The van der Waals surface area contributed by atoms with E-state index in [4.69, 9.17) is 9.47 Å². The Morgan fingerprint density at radius 2 is 1.11 bits per heavy atom. The lowest BCUT2D eigenvalue weighted by Crippen LogP contribution is -2.46. The van der Waals surface area contributed by atoms with E-state index in [9.17, 15) is 9.59 Å². The lowest BCUT2D eigenvalue weighted by Gasteiger charge is -2.25. The van der Waals surface area contributed by atoms with Gasteiger partial charge in [-0.25, -0.2) is 20.4 Å². The highest BCUT2D eigenvalue weighted by atomic mass is 16.6. The number of nitrogens with one attached hydrogen (secondary N) is 2. The van der Waals surface area contributed by atoms with Crippen LogP contribution in [0.3, 0.4) is 0 Å². The van der Waals surface area contributed by atoms with E-state index >= 15 is 0 Å². The highest BCUT2D eigenvalue weighted by molar-refractivity contribution is 5.74. The van der Waals surface area contributed by atoms with E-state index in [2.05, 4.69) is 10.9 Å². The summed E-state index contributed by atoms with van der Waals surface area (Å²) >= 11 is 0. The van der Waals surface area contributed by atoms with E-state index in [1.807, 2.05) is 13.8 Å². The average molecular weight is 260 g/mol. The molecule has 0 aliphatic heterocycles. The minimum atomic E-state index is -0.715. The Bertz CT molecular complexity index is 270. The van der Waals surface area contributed by atoms with Gasteiger partial charge in [0, 0.05) is 0 Å². The van der Waals surface area contributed by atoms with Crippen LogP contribution in [0.2, 0.25) is 0 Å². The monoisotopic (exact) mass is 260 g/mol. The first-order chi connectivity index (χ1) is 8.12. The maximum atomic E-state index is 11.4. The zero-order valence-corrected chi connectivity index (χ0v) is 12.0. The number of hydrogen-bond acceptors (Lipinski definition) is 4. The number of rotatable bonds is 4. The van der Waals surface area contributed by atoms with Crippen LogP contribution in [-0.2, 0) is 9.47 Å². The number of carbonyl (C=O) groups excluding carboxylic acids is 2. The fourth-order valence-corrected chi connectivity index (χ4v) is 0.799. The van der Waals surface area contributed by atoms with E-state index in [1.54, 1.807) is 27.7 Å². The van der Waals surface area contributed by atoms with Gasteiger partial charge in [-0.2, -0.15) is 0 Å². The molecule has 0 aromatic rings. The summed E-state index contributed by atoms with van der Waals surface area (Å²) in [4.78, 5) is 22.7. The molecule has 106 valence electrons. The van der Waals surface area contributed by atoms with Gasteiger partial charge in [0.25, 0.3) is 0 Å². The molecule has 6 heteroatoms. The molecule has 0 rings (SSSR count). The minimum absolute atomic E-state index is 0.571. The molecule has 0 unspecified atom stereocenters. The average Bonchev–Trinajstić information content (AvgIpc) is 2.25. The van der Waals surface area contributed by atoms with Gasteiger partial charge in [-0.1, -0.05) is 13.8 Å². The fourth-order valence-electron chi connectivity index (χ4n) is 0.799. The maximum absolute atomic E-state index is 11.4. The van der Waals surface area contributed by atoms with Gasteiger partial charge in [0.2, 0.25) is 0 Å². The molecule has 0 atom stereocenters. The van der Waals surface area contributed by atoms with Crippen LogP contribution < -0.4 is 10.9 Å². The lowest BCUT2D eigenvalue weighted by molar-refractivity contribution is 0.0213. The summed E-state index contributed by atoms with van der Waals surface area (Å²) in [7, 11) is 0. The standard InChI is InChI=1S/C12H24N2O4/c1-7-11(3,4)17-9(15)13-14-10(16)18-12(5,6)8-2/h7-8H2,1-6H3,(H,13,15)(H,14,16). The normalized spacial score (nSPS) is 11.7. The van der Waals surface area contributed by atoms with Gasteiger partial charge < -0.3 is 9.47 Å². The van der Waals surface area contributed by atoms with Crippen LogP contribution in [0.25, 0.3) is 0 Å². The van der Waals surface area contributed by atoms with Crippen LogP contribution in [0.15, 0.2) is 0 Å². The van der Waals surface area contributed by atoms with Gasteiger partial charge in [-0.3, -0.25) is 0 Å². The third-order valence-electron chi connectivity index (χ3n) is 2.71. The second-order valence-electron chi connectivity index (χ2n) is 5.26. The van der Waals surface area contributed by atoms with Gasteiger partial charge in [0.15, 0.2) is 0 Å². The molecule has 0 aliphatic carbocycles. The minimum Gasteiger partial charge on any atom is -0.442 e. The van der Waals surface area contributed by atoms with Gasteiger partial charge in [0.05, 0.1) is 0 Å². The first-order valence-electron chi connectivity index (χ1n) is 6.10. The SMILES string of the molecule is CCC(C)(C)OC(=O)NNC(=O)OC(C)(C)CC. The van der Waals surface area contributed by atoms with Crippen molar-refractivity contribution in [3.05, 3.63) is 0 Å². The summed E-state index contributed by atoms with van der Waals surface area (Å²) < 4.78 is 10.1. The van der Waals surface area contributed by atoms with E-state index in [0.29, 0.717) is 12.8 Å². The molecule has 0 bridgehead atoms. The summed E-state index contributed by atoms with van der Waals surface area (Å²) in [6.07, 6.45) is -0.0808. The highest BCUT2D eigenvalue weighted by Crippen LogP contribution is 2.14. The molecule has 0 spiro atoms. The molecule has 2 N–H and O–H groups in total. The molecule has 2 amide bonds. The van der Waals surface area contributed by atoms with Gasteiger partial charge >= 0.3 is 12.2 Å². The molecule has 6 nitrogen and oxygen atoms in total. The fraction of sp³-hybridized carbons (Fsp3) is 0.833. The summed E-state index contributed by atoms with van der Waals surface area (Å²) in [5, 5.41) is 0. The van der Waals surface area contributed by atoms with E-state index in [0.717, 1.165) is 0 Å². The van der Waals surface area contributed by atoms with Crippen LogP contribution in [0.1, 0.15) is 54.4 Å². The quantitative estimate of drug-likeness (QED) is 0.762. The summed E-state index contributed by atoms with van der Waals surface area (Å²) in [5.74, 6) is 0. The lowest BCUT2D eigenvalue weighted by atomic mass is 10.1. The van der Waals surface area contributed by atoms with Crippen molar-refractivity contribution in [3.63, 3.8) is 0 Å². The molecular formula is C12H24N2O4. The number of hydrogen-bond donors (Lipinski definition) is 2. The van der Waals surface area contributed by atoms with Crippen molar-refractivity contribution in [1.29, 1.82) is 0 Å². The topological polar surface area (TPSA) is 76.7 Å². The second-order valence-corrected chi connectivity index (χ2v) is 5.26. The number of amides is 2. The molecule has 18 heavy (non-hydrogen) atoms. The molecule has 0 heterocycles. The van der Waals surface area contributed by atoms with Crippen molar-refractivity contribution >= 4 is 12.2 Å². The van der Waals surface area contributed by atoms with Crippen molar-refractivity contribution in [2.75, 3.05) is 0 Å². The van der Waals surface area contributed by atoms with Crippen molar-refractivity contribution in [1.82, 2.24) is 10.9 Å². The van der Waals surface area contributed by atoms with Crippen LogP contribution in [-0.4, -0.2) is 23.4 Å². The van der Waals surface area contributed by atoms with Gasteiger partial charge in [-0.05, 0) is 40.5 Å². The predicted molar refractivity (Wildman–Crippen MR) is 68.0 cm³/mol. The number of hydrazine groups is 1. The Morgan fingerprint density at radius 3 is 1.33 bits per heavy atom. The summed E-state index contributed by atoms with van der Waals surface area (Å²) in [6.45, 7) is 10.9. The third kappa shape index (κ3) is 6.98. The molecule has 0 radical (unpaired) electrons. The van der Waals surface area contributed by atoms with Crippen molar-refractivity contribution in [2.24, 2.45) is 0 Å². The molecule has 0 saturated carbocycles. The Morgan fingerprint density at radius 1 is 0.833 bits per heavy atom. The summed E-state index contributed by atoms with van der Waals surface area (Å²) in [6, 6.07) is 0. The van der Waals surface area contributed by atoms with Crippen molar-refractivity contribution in [2.45, 2.75) is 65.6 Å². The van der Waals surface area contributed by atoms with Crippen LogP contribution in [0, 0.1) is 0 Å². The second kappa shape index (κ2) is 6.47. The molecule has 0 aliphatic rings. The van der Waals surface area contributed by atoms with Crippen LogP contribution in [0.5, 0.6) is 0 Å². The molecule has 0 saturated heterocycles. The Balaban J connectivity index is 4.04. The highest BCUT2D eigenvalue weighted by Gasteiger charge is 2.23. The Hall–Kier alpha value is -1.46. The molecule has 0 aromatic carbocycles. The van der Waals surface area contributed by atoms with Crippen molar-refractivity contribution in [3.8, 4) is 0 Å². The third-order valence-corrected chi connectivity index (χ3v) is 2.71. The van der Waals surface area contributed by atoms with Crippen LogP contribution in [0.4, 0.5) is 9.59 Å². The molecule has 0 fully saturated rings. The number of carbonyl (C=O) groups is 2. The van der Waals surface area contributed by atoms with E-state index < -0.39 is 23.4 Å². The maximum Gasteiger partial charge on any atom is 0.426 e. The van der Waals surface area contributed by atoms with Crippen molar-refractivity contribution < 1.29 is 19.1 Å². The number of ether oxygens (including phenoxy) is 2. The zero-order valence-electron chi connectivity index (χ0n) is 12.0. The Labute approximate surface area is 108 Å².